The van der Waals surface area contributed by atoms with E-state index in [0.717, 1.165) is 28.2 Å². The molecule has 8 nitrogen and oxygen atoms in total. The van der Waals surface area contributed by atoms with Crippen molar-refractivity contribution >= 4 is 23.0 Å². The highest BCUT2D eigenvalue weighted by atomic mass is 16.6. The highest BCUT2D eigenvalue weighted by molar-refractivity contribution is 5.81. The van der Waals surface area contributed by atoms with E-state index in [4.69, 9.17) is 9.47 Å². The number of aromatic hydroxyl groups is 1. The number of carbonyl (C=O) groups is 2. The molecule has 1 N–H and O–H groups in total. The lowest BCUT2D eigenvalue weighted by Gasteiger charge is -2.23. The molecule has 33 heavy (non-hydrogen) atoms. The summed E-state index contributed by atoms with van der Waals surface area (Å²) in [6.07, 6.45) is 1.03. The Kier molecular flexibility index (Phi) is 7.16. The van der Waals surface area contributed by atoms with Crippen LogP contribution in [0.3, 0.4) is 0 Å². The molecule has 1 atom stereocenters. The molecule has 0 amide bonds. The van der Waals surface area contributed by atoms with E-state index in [0.29, 0.717) is 12.1 Å². The molecule has 1 heterocycles. The summed E-state index contributed by atoms with van der Waals surface area (Å²) < 4.78 is 10.2. The van der Waals surface area contributed by atoms with Crippen molar-refractivity contribution in [3.8, 4) is 11.4 Å². The van der Waals surface area contributed by atoms with Crippen molar-refractivity contribution in [2.24, 2.45) is 0 Å². The smallest absolute Gasteiger partial charge is 0.330 e. The van der Waals surface area contributed by atoms with Crippen LogP contribution in [-0.4, -0.2) is 44.7 Å². The molecule has 0 aliphatic carbocycles. The molecule has 1 unspecified atom stereocenters. The van der Waals surface area contributed by atoms with Gasteiger partial charge in [-0.2, -0.15) is 0 Å². The number of phenolic OH excluding ortho intramolecular Hbond substituents is 1. The Morgan fingerprint density at radius 2 is 1.82 bits per heavy atom. The van der Waals surface area contributed by atoms with E-state index in [1.807, 2.05) is 51.1 Å². The number of ether oxygens (including phenoxy) is 2. The van der Waals surface area contributed by atoms with Crippen LogP contribution in [0.25, 0.3) is 16.7 Å². The molecule has 0 spiro atoms. The lowest BCUT2D eigenvalue weighted by Crippen LogP contribution is -2.21. The van der Waals surface area contributed by atoms with Crippen molar-refractivity contribution in [1.29, 1.82) is 0 Å². The van der Waals surface area contributed by atoms with Crippen LogP contribution in [0.15, 0.2) is 49.1 Å². The summed E-state index contributed by atoms with van der Waals surface area (Å²) in [6, 6.07) is 11.1. The van der Waals surface area contributed by atoms with Crippen LogP contribution in [0, 0.1) is 0 Å². The van der Waals surface area contributed by atoms with Crippen LogP contribution in [0.4, 0.5) is 0 Å². The minimum atomic E-state index is -0.565. The first-order valence-corrected chi connectivity index (χ1v) is 10.8. The number of fused-ring (bicyclic) bond motifs is 1. The standard InChI is InChI=1S/C25H29N3O5/c1-6-22(29)33-16(2)15-32-23(30)12-11-17-13-18(25(3,4)5)24(31)21(14-17)28-26-19-9-7-8-10-20(19)27-28/h6-10,13-14,16,31H,1,11-12,15H2,2-5H3. The summed E-state index contributed by atoms with van der Waals surface area (Å²) >= 11 is 0. The zero-order valence-electron chi connectivity index (χ0n) is 19.4. The summed E-state index contributed by atoms with van der Waals surface area (Å²) in [5.74, 6) is -0.872. The van der Waals surface area contributed by atoms with E-state index in [-0.39, 0.29) is 24.2 Å². The topological polar surface area (TPSA) is 104 Å². The molecule has 1 aromatic heterocycles. The molecular formula is C25H29N3O5. The zero-order chi connectivity index (χ0) is 24.2. The summed E-state index contributed by atoms with van der Waals surface area (Å²) in [5, 5.41) is 20.0. The second kappa shape index (κ2) is 9.85. The molecule has 0 saturated carbocycles. The highest BCUT2D eigenvalue weighted by Crippen LogP contribution is 2.36. The average molecular weight is 452 g/mol. The van der Waals surface area contributed by atoms with Crippen LogP contribution in [0.1, 0.15) is 45.2 Å². The molecule has 2 aromatic carbocycles. The number of rotatable bonds is 8. The maximum atomic E-state index is 12.2. The molecular weight excluding hydrogens is 422 g/mol. The maximum Gasteiger partial charge on any atom is 0.330 e. The van der Waals surface area contributed by atoms with Crippen molar-refractivity contribution in [2.45, 2.75) is 52.1 Å². The van der Waals surface area contributed by atoms with Gasteiger partial charge in [0, 0.05) is 18.1 Å². The molecule has 0 fully saturated rings. The van der Waals surface area contributed by atoms with E-state index in [1.165, 1.54) is 4.80 Å². The van der Waals surface area contributed by atoms with E-state index in [9.17, 15) is 14.7 Å². The fourth-order valence-electron chi connectivity index (χ4n) is 3.32. The SMILES string of the molecule is C=CC(=O)OC(C)COC(=O)CCc1cc(-n2nc3ccccc3n2)c(O)c(C(C)(C)C)c1. The number of hydrogen-bond acceptors (Lipinski definition) is 7. The summed E-state index contributed by atoms with van der Waals surface area (Å²) in [6.45, 7) is 10.9. The van der Waals surface area contributed by atoms with E-state index in [2.05, 4.69) is 16.8 Å². The van der Waals surface area contributed by atoms with Gasteiger partial charge in [-0.15, -0.1) is 15.0 Å². The number of nitrogens with zero attached hydrogens (tertiary/aromatic N) is 3. The minimum absolute atomic E-state index is 0.0315. The van der Waals surface area contributed by atoms with Crippen LogP contribution >= 0.6 is 0 Å². The van der Waals surface area contributed by atoms with Crippen molar-refractivity contribution in [2.75, 3.05) is 6.61 Å². The summed E-state index contributed by atoms with van der Waals surface area (Å²) in [5.41, 5.74) is 3.12. The lowest BCUT2D eigenvalue weighted by molar-refractivity contribution is -0.154. The van der Waals surface area contributed by atoms with Gasteiger partial charge in [0.2, 0.25) is 0 Å². The van der Waals surface area contributed by atoms with Gasteiger partial charge in [0.15, 0.2) is 0 Å². The average Bonchev–Trinajstić information content (AvgIpc) is 3.20. The number of carbonyl (C=O) groups excluding carboxylic acids is 2. The van der Waals surface area contributed by atoms with Gasteiger partial charge in [-0.3, -0.25) is 4.79 Å². The Hall–Kier alpha value is -3.68. The molecule has 3 aromatic rings. The largest absolute Gasteiger partial charge is 0.505 e. The van der Waals surface area contributed by atoms with Crippen LogP contribution in [0.2, 0.25) is 0 Å². The molecule has 0 aliphatic heterocycles. The number of phenols is 1. The molecule has 3 rings (SSSR count). The van der Waals surface area contributed by atoms with E-state index >= 15 is 0 Å². The Morgan fingerprint density at radius 3 is 2.39 bits per heavy atom. The Balaban J connectivity index is 1.79. The van der Waals surface area contributed by atoms with Crippen molar-refractivity contribution in [3.05, 3.63) is 60.2 Å². The quantitative estimate of drug-likeness (QED) is 0.407. The summed E-state index contributed by atoms with van der Waals surface area (Å²) in [7, 11) is 0. The predicted molar refractivity (Wildman–Crippen MR) is 124 cm³/mol. The van der Waals surface area contributed by atoms with Crippen LogP contribution in [-0.2, 0) is 30.9 Å². The van der Waals surface area contributed by atoms with Gasteiger partial charge in [0.1, 0.15) is 35.2 Å². The maximum absolute atomic E-state index is 12.2. The van der Waals surface area contributed by atoms with E-state index < -0.39 is 18.0 Å². The molecule has 0 saturated heterocycles. The van der Waals surface area contributed by atoms with Gasteiger partial charge in [-0.25, -0.2) is 4.79 Å². The zero-order valence-corrected chi connectivity index (χ0v) is 19.4. The van der Waals surface area contributed by atoms with E-state index in [1.54, 1.807) is 13.0 Å². The number of benzene rings is 2. The second-order valence-electron chi connectivity index (χ2n) is 8.87. The Bertz CT molecular complexity index is 1140. The molecule has 8 heteroatoms. The third-order valence-corrected chi connectivity index (χ3v) is 5.04. The summed E-state index contributed by atoms with van der Waals surface area (Å²) in [4.78, 5) is 24.9. The minimum Gasteiger partial charge on any atom is -0.505 e. The Labute approximate surface area is 192 Å². The van der Waals surface area contributed by atoms with Crippen LogP contribution < -0.4 is 0 Å². The first kappa shape index (κ1) is 24.0. The number of aromatic nitrogens is 3. The fourth-order valence-corrected chi connectivity index (χ4v) is 3.32. The highest BCUT2D eigenvalue weighted by Gasteiger charge is 2.23. The molecule has 174 valence electrons. The van der Waals surface area contributed by atoms with Gasteiger partial charge in [0.05, 0.1) is 0 Å². The first-order valence-electron chi connectivity index (χ1n) is 10.8. The van der Waals surface area contributed by atoms with Crippen LogP contribution in [0.5, 0.6) is 5.75 Å². The second-order valence-corrected chi connectivity index (χ2v) is 8.87. The lowest BCUT2D eigenvalue weighted by atomic mass is 9.84. The number of hydrogen-bond donors (Lipinski definition) is 1. The van der Waals surface area contributed by atoms with Crippen molar-refractivity contribution in [3.63, 3.8) is 0 Å². The molecule has 0 bridgehead atoms. The van der Waals surface area contributed by atoms with Gasteiger partial charge in [0.25, 0.3) is 0 Å². The monoisotopic (exact) mass is 451 g/mol. The van der Waals surface area contributed by atoms with Gasteiger partial charge >= 0.3 is 11.9 Å². The normalized spacial score (nSPS) is 12.4. The van der Waals surface area contributed by atoms with Crippen molar-refractivity contribution < 1.29 is 24.2 Å². The van der Waals surface area contributed by atoms with Crippen molar-refractivity contribution in [1.82, 2.24) is 15.0 Å². The number of esters is 2. The fraction of sp³-hybridized carbons (Fsp3) is 0.360. The van der Waals surface area contributed by atoms with Gasteiger partial charge in [-0.1, -0.05) is 45.5 Å². The van der Waals surface area contributed by atoms with Gasteiger partial charge in [-0.05, 0) is 42.5 Å². The third-order valence-electron chi connectivity index (χ3n) is 5.04. The Morgan fingerprint density at radius 1 is 1.18 bits per heavy atom. The third kappa shape index (κ3) is 5.97. The first-order chi connectivity index (χ1) is 15.6. The predicted octanol–water partition coefficient (Wildman–Crippen LogP) is 4.02. The van der Waals surface area contributed by atoms with Gasteiger partial charge < -0.3 is 14.6 Å². The molecule has 0 radical (unpaired) electrons. The number of aryl methyl sites for hydroxylation is 1. The molecule has 0 aliphatic rings.